The Hall–Kier alpha value is -1.50. The van der Waals surface area contributed by atoms with Gasteiger partial charge in [0.05, 0.1) is 15.2 Å². The van der Waals surface area contributed by atoms with E-state index in [1.54, 1.807) is 11.3 Å². The van der Waals surface area contributed by atoms with Crippen LogP contribution in [-0.2, 0) is 9.53 Å². The van der Waals surface area contributed by atoms with Crippen LogP contribution in [0.1, 0.15) is 37.6 Å². The van der Waals surface area contributed by atoms with Crippen LogP contribution in [0.25, 0.3) is 10.2 Å². The Balaban J connectivity index is 1.80. The number of nitrogens with zero attached hydrogens (tertiary/aromatic N) is 1. The molecule has 2 heterocycles. The van der Waals surface area contributed by atoms with Gasteiger partial charge in [0.2, 0.25) is 5.91 Å². The van der Waals surface area contributed by atoms with E-state index in [4.69, 9.17) is 10.5 Å². The molecule has 6 heteroatoms. The molecule has 1 amide bonds. The highest BCUT2D eigenvalue weighted by molar-refractivity contribution is 7.18. The maximum absolute atomic E-state index is 12.4. The van der Waals surface area contributed by atoms with Crippen molar-refractivity contribution in [2.45, 2.75) is 38.1 Å². The van der Waals surface area contributed by atoms with Crippen molar-refractivity contribution in [3.8, 4) is 0 Å². The van der Waals surface area contributed by atoms with Gasteiger partial charge in [0.25, 0.3) is 0 Å². The van der Waals surface area contributed by atoms with E-state index in [1.165, 1.54) is 0 Å². The highest BCUT2D eigenvalue weighted by atomic mass is 32.1. The number of carbonyl (C=O) groups is 1. The molecule has 0 radical (unpaired) electrons. The third-order valence-corrected chi connectivity index (χ3v) is 5.31. The zero-order valence-electron chi connectivity index (χ0n) is 12.9. The van der Waals surface area contributed by atoms with Gasteiger partial charge in [0, 0.05) is 24.8 Å². The minimum atomic E-state index is -0.829. The minimum absolute atomic E-state index is 0.135. The normalized spacial score (nSPS) is 17.8. The number of thiazole rings is 1. The summed E-state index contributed by atoms with van der Waals surface area (Å²) in [5.41, 5.74) is 7.12. The monoisotopic (exact) mass is 319 g/mol. The molecule has 1 fully saturated rings. The zero-order chi connectivity index (χ0) is 15.7. The summed E-state index contributed by atoms with van der Waals surface area (Å²) in [6.07, 6.45) is 1.11. The lowest BCUT2D eigenvalue weighted by molar-refractivity contribution is -0.124. The number of amides is 1. The number of hydrogen-bond donors (Lipinski definition) is 2. The van der Waals surface area contributed by atoms with Gasteiger partial charge in [-0.2, -0.15) is 0 Å². The molecule has 0 bridgehead atoms. The molecule has 1 saturated heterocycles. The molecule has 3 rings (SSSR count). The van der Waals surface area contributed by atoms with E-state index in [0.29, 0.717) is 32.0 Å². The third kappa shape index (κ3) is 2.99. The third-order valence-electron chi connectivity index (χ3n) is 3.99. The minimum Gasteiger partial charge on any atom is -0.381 e. The standard InChI is InChI=1S/C16H21N3O2S/c1-10(2)14-19-12-4-3-11(9-13(12)22-14)18-15(20)16(17)5-7-21-8-6-16/h3-4,9-10H,5-8,17H2,1-2H3,(H,18,20). The molecule has 5 nitrogen and oxygen atoms in total. The molecule has 0 aliphatic carbocycles. The van der Waals surface area contributed by atoms with Crippen LogP contribution in [0, 0.1) is 0 Å². The van der Waals surface area contributed by atoms with E-state index in [2.05, 4.69) is 24.1 Å². The molecule has 1 aromatic heterocycles. The van der Waals surface area contributed by atoms with Crippen molar-refractivity contribution in [1.29, 1.82) is 0 Å². The van der Waals surface area contributed by atoms with E-state index < -0.39 is 5.54 Å². The molecule has 1 aliphatic heterocycles. The highest BCUT2D eigenvalue weighted by Crippen LogP contribution is 2.29. The fourth-order valence-corrected chi connectivity index (χ4v) is 3.49. The second kappa shape index (κ2) is 5.95. The largest absolute Gasteiger partial charge is 0.381 e. The Morgan fingerprint density at radius 3 is 2.82 bits per heavy atom. The van der Waals surface area contributed by atoms with Crippen LogP contribution >= 0.6 is 11.3 Å². The van der Waals surface area contributed by atoms with E-state index in [0.717, 1.165) is 20.9 Å². The Kier molecular flexibility index (Phi) is 4.16. The number of nitrogens with two attached hydrogens (primary N) is 1. The molecule has 22 heavy (non-hydrogen) atoms. The number of carbonyl (C=O) groups excluding carboxylic acids is 1. The van der Waals surface area contributed by atoms with Gasteiger partial charge >= 0.3 is 0 Å². The van der Waals surface area contributed by atoms with Crippen LogP contribution in [0.2, 0.25) is 0 Å². The first kappa shape index (κ1) is 15.4. The summed E-state index contributed by atoms with van der Waals surface area (Å²) in [5, 5.41) is 4.05. The SMILES string of the molecule is CC(C)c1nc2ccc(NC(=O)C3(N)CCOCC3)cc2s1. The lowest BCUT2D eigenvalue weighted by Gasteiger charge is -2.31. The van der Waals surface area contributed by atoms with Gasteiger partial charge in [-0.3, -0.25) is 4.79 Å². The van der Waals surface area contributed by atoms with Gasteiger partial charge in [0.1, 0.15) is 5.54 Å². The van der Waals surface area contributed by atoms with Crippen molar-refractivity contribution in [2.24, 2.45) is 5.73 Å². The van der Waals surface area contributed by atoms with Crippen LogP contribution in [0.5, 0.6) is 0 Å². The first-order chi connectivity index (χ1) is 10.5. The molecule has 0 unspecified atom stereocenters. The molecular formula is C16H21N3O2S. The maximum atomic E-state index is 12.4. The molecular weight excluding hydrogens is 298 g/mol. The smallest absolute Gasteiger partial charge is 0.244 e. The van der Waals surface area contributed by atoms with Crippen LogP contribution in [0.3, 0.4) is 0 Å². The maximum Gasteiger partial charge on any atom is 0.244 e. The molecule has 118 valence electrons. The summed E-state index contributed by atoms with van der Waals surface area (Å²) < 4.78 is 6.36. The number of fused-ring (bicyclic) bond motifs is 1. The van der Waals surface area contributed by atoms with Gasteiger partial charge in [-0.1, -0.05) is 13.8 Å². The first-order valence-electron chi connectivity index (χ1n) is 7.56. The van der Waals surface area contributed by atoms with Gasteiger partial charge in [-0.15, -0.1) is 11.3 Å². The average molecular weight is 319 g/mol. The van der Waals surface area contributed by atoms with Crippen molar-refractivity contribution in [1.82, 2.24) is 4.98 Å². The number of rotatable bonds is 3. The number of aromatic nitrogens is 1. The zero-order valence-corrected chi connectivity index (χ0v) is 13.7. The molecule has 0 spiro atoms. The van der Waals surface area contributed by atoms with Gasteiger partial charge in [-0.05, 0) is 31.0 Å². The molecule has 0 saturated carbocycles. The summed E-state index contributed by atoms with van der Waals surface area (Å²) in [6.45, 7) is 5.33. The summed E-state index contributed by atoms with van der Waals surface area (Å²) >= 11 is 1.67. The van der Waals surface area contributed by atoms with Crippen molar-refractivity contribution in [3.63, 3.8) is 0 Å². The quantitative estimate of drug-likeness (QED) is 0.912. The molecule has 1 aliphatic rings. The van der Waals surface area contributed by atoms with Crippen molar-refractivity contribution >= 4 is 33.1 Å². The number of nitrogens with one attached hydrogen (secondary N) is 1. The number of benzene rings is 1. The van der Waals surface area contributed by atoms with E-state index >= 15 is 0 Å². The summed E-state index contributed by atoms with van der Waals surface area (Å²) in [7, 11) is 0. The van der Waals surface area contributed by atoms with Crippen LogP contribution in [0.4, 0.5) is 5.69 Å². The average Bonchev–Trinajstić information content (AvgIpc) is 2.91. The molecule has 1 aromatic carbocycles. The number of hydrogen-bond acceptors (Lipinski definition) is 5. The second-order valence-electron chi connectivity index (χ2n) is 6.11. The Labute approximate surface area is 133 Å². The van der Waals surface area contributed by atoms with Crippen molar-refractivity contribution in [2.75, 3.05) is 18.5 Å². The lowest BCUT2D eigenvalue weighted by Crippen LogP contribution is -2.54. The topological polar surface area (TPSA) is 77.2 Å². The van der Waals surface area contributed by atoms with Crippen LogP contribution in [-0.4, -0.2) is 29.6 Å². The Morgan fingerprint density at radius 2 is 2.14 bits per heavy atom. The Morgan fingerprint density at radius 1 is 1.41 bits per heavy atom. The number of anilines is 1. The van der Waals surface area contributed by atoms with Crippen LogP contribution in [0.15, 0.2) is 18.2 Å². The molecule has 3 N–H and O–H groups in total. The summed E-state index contributed by atoms with van der Waals surface area (Å²) in [6, 6.07) is 5.80. The van der Waals surface area contributed by atoms with Crippen LogP contribution < -0.4 is 11.1 Å². The van der Waals surface area contributed by atoms with E-state index in [-0.39, 0.29) is 5.91 Å². The summed E-state index contributed by atoms with van der Waals surface area (Å²) in [5.74, 6) is 0.272. The van der Waals surface area contributed by atoms with Crippen molar-refractivity contribution in [3.05, 3.63) is 23.2 Å². The summed E-state index contributed by atoms with van der Waals surface area (Å²) in [4.78, 5) is 17.0. The molecule has 2 aromatic rings. The predicted octanol–water partition coefficient (Wildman–Crippen LogP) is 2.87. The Bertz CT molecular complexity index is 690. The molecule has 0 atom stereocenters. The first-order valence-corrected chi connectivity index (χ1v) is 8.38. The highest BCUT2D eigenvalue weighted by Gasteiger charge is 2.35. The van der Waals surface area contributed by atoms with Gasteiger partial charge in [0.15, 0.2) is 0 Å². The fourth-order valence-electron chi connectivity index (χ4n) is 2.49. The van der Waals surface area contributed by atoms with E-state index in [1.807, 2.05) is 18.2 Å². The lowest BCUT2D eigenvalue weighted by atomic mass is 9.90. The van der Waals surface area contributed by atoms with Gasteiger partial charge in [-0.25, -0.2) is 4.98 Å². The number of ether oxygens (including phenoxy) is 1. The van der Waals surface area contributed by atoms with Gasteiger partial charge < -0.3 is 15.8 Å². The second-order valence-corrected chi connectivity index (χ2v) is 7.17. The fraction of sp³-hybridized carbons (Fsp3) is 0.500. The van der Waals surface area contributed by atoms with E-state index in [9.17, 15) is 4.79 Å². The predicted molar refractivity (Wildman–Crippen MR) is 89.3 cm³/mol. The van der Waals surface area contributed by atoms with Crippen molar-refractivity contribution < 1.29 is 9.53 Å².